The second-order valence-corrected chi connectivity index (χ2v) is 9.22. The summed E-state index contributed by atoms with van der Waals surface area (Å²) in [5.41, 5.74) is 3.45. The van der Waals surface area contributed by atoms with Crippen molar-refractivity contribution in [1.29, 1.82) is 0 Å². The van der Waals surface area contributed by atoms with Crippen molar-refractivity contribution in [1.82, 2.24) is 4.90 Å². The number of non-ortho nitro benzene ring substituents is 1. The molecule has 0 spiro atoms. The maximum Gasteiger partial charge on any atom is 0.336 e. The highest BCUT2D eigenvalue weighted by molar-refractivity contribution is 6.31. The number of nitrogens with zero attached hydrogens (tertiary/aromatic N) is 3. The largest absolute Gasteiger partial charge is 0.468 e. The van der Waals surface area contributed by atoms with Crippen LogP contribution in [-0.4, -0.2) is 47.7 Å². The first-order valence-electron chi connectivity index (χ1n) is 11.4. The fourth-order valence-electron chi connectivity index (χ4n) is 4.86. The average molecular weight is 512 g/mol. The molecule has 0 fully saturated rings. The Morgan fingerprint density at radius 3 is 2.44 bits per heavy atom. The van der Waals surface area contributed by atoms with E-state index in [9.17, 15) is 19.7 Å². The number of hydrogen-bond donors (Lipinski definition) is 0. The van der Waals surface area contributed by atoms with Crippen LogP contribution < -0.4 is 0 Å². The van der Waals surface area contributed by atoms with E-state index in [0.29, 0.717) is 18.0 Å². The van der Waals surface area contributed by atoms with Crippen molar-refractivity contribution < 1.29 is 24.0 Å². The first kappa shape index (κ1) is 25.5. The van der Waals surface area contributed by atoms with Gasteiger partial charge >= 0.3 is 11.9 Å². The van der Waals surface area contributed by atoms with Gasteiger partial charge in [-0.3, -0.25) is 24.8 Å². The molecule has 4 rings (SSSR count). The number of nitro groups is 1. The quantitative estimate of drug-likeness (QED) is 0.307. The van der Waals surface area contributed by atoms with Gasteiger partial charge in [0.25, 0.3) is 5.69 Å². The lowest BCUT2D eigenvalue weighted by molar-refractivity contribution is -0.384. The normalized spacial score (nSPS) is 19.5. The summed E-state index contributed by atoms with van der Waals surface area (Å²) >= 11 is 6.45. The lowest BCUT2D eigenvalue weighted by atomic mass is 9.75. The maximum absolute atomic E-state index is 13.4. The number of esters is 2. The molecule has 2 aliphatic rings. The Morgan fingerprint density at radius 2 is 1.83 bits per heavy atom. The van der Waals surface area contributed by atoms with Crippen LogP contribution in [0.3, 0.4) is 0 Å². The molecule has 0 aliphatic carbocycles. The Bertz CT molecular complexity index is 1260. The van der Waals surface area contributed by atoms with E-state index in [-0.39, 0.29) is 28.5 Å². The summed E-state index contributed by atoms with van der Waals surface area (Å²) in [4.78, 5) is 43.7. The highest BCUT2D eigenvalue weighted by atomic mass is 35.5. The summed E-state index contributed by atoms with van der Waals surface area (Å²) in [5, 5.41) is 11.6. The van der Waals surface area contributed by atoms with Crippen LogP contribution in [0.4, 0.5) is 5.69 Å². The number of nitro benzene ring substituents is 1. The van der Waals surface area contributed by atoms with Gasteiger partial charge in [-0.05, 0) is 36.6 Å². The van der Waals surface area contributed by atoms with Crippen molar-refractivity contribution in [3.05, 3.63) is 85.6 Å². The summed E-state index contributed by atoms with van der Waals surface area (Å²) in [6.07, 6.45) is 0. The third kappa shape index (κ3) is 5.03. The van der Waals surface area contributed by atoms with Gasteiger partial charge in [0, 0.05) is 54.1 Å². The zero-order chi connectivity index (χ0) is 26.0. The monoisotopic (exact) mass is 511 g/mol. The fraction of sp³-hybridized carbons (Fsp3) is 0.346. The fourth-order valence-corrected chi connectivity index (χ4v) is 5.10. The van der Waals surface area contributed by atoms with Gasteiger partial charge in [-0.1, -0.05) is 35.9 Å². The zero-order valence-electron chi connectivity index (χ0n) is 20.2. The summed E-state index contributed by atoms with van der Waals surface area (Å²) in [6, 6.07) is 12.1. The zero-order valence-corrected chi connectivity index (χ0v) is 20.9. The Balaban J connectivity index is 1.61. The number of halogens is 1. The number of carbonyl (C=O) groups excluding carboxylic acids is 2. The molecule has 0 bridgehead atoms. The van der Waals surface area contributed by atoms with E-state index >= 15 is 0 Å². The van der Waals surface area contributed by atoms with Gasteiger partial charge in [-0.15, -0.1) is 0 Å². The van der Waals surface area contributed by atoms with Crippen molar-refractivity contribution in [2.75, 3.05) is 20.3 Å². The molecule has 0 aromatic heterocycles. The lowest BCUT2D eigenvalue weighted by Gasteiger charge is -2.31. The summed E-state index contributed by atoms with van der Waals surface area (Å²) < 4.78 is 10.6. The molecular formula is C26H26ClN3O6. The van der Waals surface area contributed by atoms with Crippen LogP contribution in [0.2, 0.25) is 5.02 Å². The lowest BCUT2D eigenvalue weighted by Crippen LogP contribution is -2.36. The van der Waals surface area contributed by atoms with Gasteiger partial charge in [-0.25, -0.2) is 4.79 Å². The standard InChI is InChI=1S/C26H26ClN3O6/c1-15-22(25(31)35-3)24(20-12-19(30(33)34)8-9-21(20)27)23(16(2)28-15)26(32)36-11-10-29-13-17-6-4-5-7-18(17)14-29/h4-9,12,22,24H,10-11,13-14H2,1-3H3. The Labute approximate surface area is 213 Å². The van der Waals surface area contributed by atoms with Gasteiger partial charge in [0.1, 0.15) is 12.5 Å². The van der Waals surface area contributed by atoms with E-state index in [1.165, 1.54) is 36.4 Å². The Kier molecular flexibility index (Phi) is 7.51. The molecule has 0 radical (unpaired) electrons. The van der Waals surface area contributed by atoms with Gasteiger partial charge in [0.15, 0.2) is 0 Å². The van der Waals surface area contributed by atoms with E-state index in [0.717, 1.165) is 13.1 Å². The summed E-state index contributed by atoms with van der Waals surface area (Å²) in [7, 11) is 1.24. The van der Waals surface area contributed by atoms with Gasteiger partial charge in [-0.2, -0.15) is 0 Å². The average Bonchev–Trinajstić information content (AvgIpc) is 3.26. The minimum absolute atomic E-state index is 0.128. The van der Waals surface area contributed by atoms with Crippen LogP contribution in [0.5, 0.6) is 0 Å². The number of carbonyl (C=O) groups is 2. The number of benzene rings is 2. The molecule has 0 amide bonds. The van der Waals surface area contributed by atoms with Crippen molar-refractivity contribution >= 4 is 34.9 Å². The van der Waals surface area contributed by atoms with Crippen LogP contribution in [0.1, 0.15) is 36.5 Å². The van der Waals surface area contributed by atoms with E-state index in [1.54, 1.807) is 13.8 Å². The predicted molar refractivity (Wildman–Crippen MR) is 134 cm³/mol. The topological polar surface area (TPSA) is 111 Å². The number of ether oxygens (including phenoxy) is 2. The molecule has 9 nitrogen and oxygen atoms in total. The van der Waals surface area contributed by atoms with Crippen LogP contribution in [0.15, 0.2) is 58.7 Å². The molecule has 2 heterocycles. The van der Waals surface area contributed by atoms with Crippen molar-refractivity contribution in [3.8, 4) is 0 Å². The molecule has 2 aliphatic heterocycles. The number of aliphatic imine (C=N–C) groups is 1. The van der Waals surface area contributed by atoms with E-state index < -0.39 is 28.7 Å². The second kappa shape index (κ2) is 10.6. The molecule has 10 heteroatoms. The van der Waals surface area contributed by atoms with E-state index in [1.807, 2.05) is 12.1 Å². The number of hydrogen-bond acceptors (Lipinski definition) is 8. The summed E-state index contributed by atoms with van der Waals surface area (Å²) in [6.45, 7) is 5.49. The third-order valence-corrected chi connectivity index (χ3v) is 6.92. The molecule has 2 atom stereocenters. The molecule has 188 valence electrons. The molecule has 2 aromatic carbocycles. The van der Waals surface area contributed by atoms with Gasteiger partial charge < -0.3 is 9.47 Å². The minimum atomic E-state index is -0.992. The smallest absolute Gasteiger partial charge is 0.336 e. The molecule has 0 saturated heterocycles. The maximum atomic E-state index is 13.4. The molecule has 0 saturated carbocycles. The van der Waals surface area contributed by atoms with Crippen LogP contribution >= 0.6 is 11.6 Å². The highest BCUT2D eigenvalue weighted by Gasteiger charge is 2.43. The highest BCUT2D eigenvalue weighted by Crippen LogP contribution is 2.43. The Hall–Kier alpha value is -3.56. The number of methoxy groups -OCH3 is 1. The van der Waals surface area contributed by atoms with E-state index in [2.05, 4.69) is 22.0 Å². The SMILES string of the molecule is COC(=O)C1C(C)=NC(C)=C(C(=O)OCCN2Cc3ccccc3C2)C1c1cc([N+](=O)[O-])ccc1Cl. The van der Waals surface area contributed by atoms with Crippen molar-refractivity contribution in [2.24, 2.45) is 10.9 Å². The van der Waals surface area contributed by atoms with Crippen molar-refractivity contribution in [2.45, 2.75) is 32.9 Å². The first-order chi connectivity index (χ1) is 17.2. The number of allylic oxidation sites excluding steroid dienone is 1. The van der Waals surface area contributed by atoms with Gasteiger partial charge in [0.2, 0.25) is 0 Å². The molecule has 2 unspecified atom stereocenters. The van der Waals surface area contributed by atoms with Crippen LogP contribution in [0.25, 0.3) is 0 Å². The van der Waals surface area contributed by atoms with Gasteiger partial charge in [0.05, 0.1) is 17.6 Å². The summed E-state index contributed by atoms with van der Waals surface area (Å²) in [5.74, 6) is -3.22. The predicted octanol–water partition coefficient (Wildman–Crippen LogP) is 4.43. The molecule has 36 heavy (non-hydrogen) atoms. The number of fused-ring (bicyclic) bond motifs is 1. The first-order valence-corrected chi connectivity index (χ1v) is 11.8. The molecule has 0 N–H and O–H groups in total. The Morgan fingerprint density at radius 1 is 1.17 bits per heavy atom. The molecule has 2 aromatic rings. The van der Waals surface area contributed by atoms with Crippen LogP contribution in [0, 0.1) is 16.0 Å². The number of rotatable bonds is 7. The van der Waals surface area contributed by atoms with Crippen LogP contribution in [-0.2, 0) is 32.2 Å². The minimum Gasteiger partial charge on any atom is -0.468 e. The second-order valence-electron chi connectivity index (χ2n) is 8.81. The van der Waals surface area contributed by atoms with Crippen molar-refractivity contribution in [3.63, 3.8) is 0 Å². The third-order valence-electron chi connectivity index (χ3n) is 6.58. The van der Waals surface area contributed by atoms with E-state index in [4.69, 9.17) is 21.1 Å². The molecular weight excluding hydrogens is 486 g/mol.